The van der Waals surface area contributed by atoms with E-state index in [1.54, 1.807) is 0 Å². The average molecular weight is 247 g/mol. The van der Waals surface area contributed by atoms with Gasteiger partial charge in [-0.3, -0.25) is 0 Å². The van der Waals surface area contributed by atoms with E-state index in [9.17, 15) is 0 Å². The third-order valence-corrected chi connectivity index (χ3v) is 3.78. The van der Waals surface area contributed by atoms with E-state index in [4.69, 9.17) is 14.2 Å². The Morgan fingerprint density at radius 2 is 2.06 bits per heavy atom. The zero-order chi connectivity index (χ0) is 12.0. The van der Waals surface area contributed by atoms with Crippen molar-refractivity contribution in [1.82, 2.24) is 5.32 Å². The van der Waals surface area contributed by atoms with Crippen LogP contribution in [0.2, 0.25) is 0 Å². The maximum absolute atomic E-state index is 6.12. The van der Waals surface area contributed by atoms with Crippen molar-refractivity contribution in [2.75, 3.05) is 13.3 Å². The third kappa shape index (κ3) is 2.01. The Bertz CT molecular complexity index is 466. The predicted octanol–water partition coefficient (Wildman–Crippen LogP) is 2.08. The van der Waals surface area contributed by atoms with Crippen LogP contribution >= 0.6 is 0 Å². The van der Waals surface area contributed by atoms with Crippen LogP contribution in [0.25, 0.3) is 0 Å². The van der Waals surface area contributed by atoms with Crippen molar-refractivity contribution in [1.29, 1.82) is 0 Å². The van der Waals surface area contributed by atoms with E-state index in [1.807, 2.05) is 18.2 Å². The van der Waals surface area contributed by atoms with Crippen LogP contribution in [0.1, 0.15) is 25.7 Å². The van der Waals surface area contributed by atoms with E-state index >= 15 is 0 Å². The van der Waals surface area contributed by atoms with Crippen molar-refractivity contribution < 1.29 is 14.2 Å². The molecule has 4 nitrogen and oxygen atoms in total. The molecule has 2 saturated carbocycles. The lowest BCUT2D eigenvalue weighted by Crippen LogP contribution is -2.34. The Balaban J connectivity index is 1.43. The summed E-state index contributed by atoms with van der Waals surface area (Å²) < 4.78 is 16.8. The summed E-state index contributed by atoms with van der Waals surface area (Å²) in [6.45, 7) is 1.28. The molecule has 1 N–H and O–H groups in total. The van der Waals surface area contributed by atoms with Gasteiger partial charge in [0.2, 0.25) is 6.79 Å². The quantitative estimate of drug-likeness (QED) is 0.864. The van der Waals surface area contributed by atoms with E-state index in [-0.39, 0.29) is 5.60 Å². The van der Waals surface area contributed by atoms with Crippen molar-refractivity contribution >= 4 is 0 Å². The number of benzene rings is 1. The molecule has 1 heterocycles. The second kappa shape index (κ2) is 3.79. The molecule has 1 aromatic rings. The minimum atomic E-state index is 0.0241. The molecule has 0 amide bonds. The van der Waals surface area contributed by atoms with Crippen LogP contribution in [0.15, 0.2) is 18.2 Å². The molecule has 1 aliphatic heterocycles. The summed E-state index contributed by atoms with van der Waals surface area (Å²) in [5.41, 5.74) is 0.0241. The summed E-state index contributed by atoms with van der Waals surface area (Å²) in [6, 6.07) is 6.55. The van der Waals surface area contributed by atoms with E-state index in [2.05, 4.69) is 5.32 Å². The van der Waals surface area contributed by atoms with Crippen molar-refractivity contribution in [3.05, 3.63) is 18.2 Å². The highest BCUT2D eigenvalue weighted by atomic mass is 16.7. The number of hydrogen-bond acceptors (Lipinski definition) is 4. The molecule has 0 bridgehead atoms. The Kier molecular flexibility index (Phi) is 2.21. The molecular formula is C14H17NO3. The summed E-state index contributed by atoms with van der Waals surface area (Å²) in [6.07, 6.45) is 4.92. The Morgan fingerprint density at radius 1 is 1.22 bits per heavy atom. The molecule has 4 rings (SSSR count). The maximum atomic E-state index is 6.12. The molecule has 0 radical (unpaired) electrons. The molecule has 1 aromatic carbocycles. The number of rotatable bonds is 5. The van der Waals surface area contributed by atoms with Gasteiger partial charge in [-0.15, -0.1) is 0 Å². The minimum absolute atomic E-state index is 0.0241. The lowest BCUT2D eigenvalue weighted by Gasteiger charge is -2.18. The topological polar surface area (TPSA) is 39.7 Å². The molecule has 0 aromatic heterocycles. The molecular weight excluding hydrogens is 230 g/mol. The molecule has 0 spiro atoms. The van der Waals surface area contributed by atoms with Crippen LogP contribution in [-0.4, -0.2) is 25.0 Å². The van der Waals surface area contributed by atoms with Crippen LogP contribution in [0.4, 0.5) is 0 Å². The monoisotopic (exact) mass is 247 g/mol. The summed E-state index contributed by atoms with van der Waals surface area (Å²) in [4.78, 5) is 0. The Hall–Kier alpha value is -1.42. The first-order valence-electron chi connectivity index (χ1n) is 6.65. The van der Waals surface area contributed by atoms with Gasteiger partial charge in [-0.1, -0.05) is 0 Å². The first kappa shape index (κ1) is 10.5. The first-order chi connectivity index (χ1) is 8.83. The summed E-state index contributed by atoms with van der Waals surface area (Å²) >= 11 is 0. The Labute approximate surface area is 106 Å². The second-order valence-electron chi connectivity index (χ2n) is 5.46. The highest BCUT2D eigenvalue weighted by molar-refractivity contribution is 5.47. The van der Waals surface area contributed by atoms with Crippen molar-refractivity contribution in [3.8, 4) is 17.2 Å². The molecule has 96 valence electrons. The summed E-state index contributed by atoms with van der Waals surface area (Å²) in [7, 11) is 0. The second-order valence-corrected chi connectivity index (χ2v) is 5.46. The van der Waals surface area contributed by atoms with Gasteiger partial charge in [0.05, 0.1) is 0 Å². The van der Waals surface area contributed by atoms with Gasteiger partial charge in [0.25, 0.3) is 0 Å². The van der Waals surface area contributed by atoms with Gasteiger partial charge in [-0.05, 0) is 37.8 Å². The van der Waals surface area contributed by atoms with Crippen LogP contribution in [0, 0.1) is 0 Å². The molecule has 2 aliphatic carbocycles. The molecule has 0 unspecified atom stereocenters. The molecule has 3 aliphatic rings. The highest BCUT2D eigenvalue weighted by Crippen LogP contribution is 2.43. The normalized spacial score (nSPS) is 22.9. The van der Waals surface area contributed by atoms with Gasteiger partial charge >= 0.3 is 0 Å². The summed E-state index contributed by atoms with van der Waals surface area (Å²) in [5.74, 6) is 2.48. The first-order valence-corrected chi connectivity index (χ1v) is 6.65. The van der Waals surface area contributed by atoms with Gasteiger partial charge in [-0.25, -0.2) is 0 Å². The largest absolute Gasteiger partial charge is 0.486 e. The SMILES string of the molecule is c1cc2c(cc1OC1(CNC3CC3)CC1)OCO2. The fraction of sp³-hybridized carbons (Fsp3) is 0.571. The molecule has 18 heavy (non-hydrogen) atoms. The zero-order valence-electron chi connectivity index (χ0n) is 10.3. The minimum Gasteiger partial charge on any atom is -0.486 e. The highest BCUT2D eigenvalue weighted by Gasteiger charge is 2.46. The fourth-order valence-corrected chi connectivity index (χ4v) is 2.26. The number of hydrogen-bond donors (Lipinski definition) is 1. The molecule has 4 heteroatoms. The van der Waals surface area contributed by atoms with Crippen molar-refractivity contribution in [2.24, 2.45) is 0 Å². The molecule has 0 saturated heterocycles. The van der Waals surface area contributed by atoms with Crippen LogP contribution < -0.4 is 19.5 Å². The van der Waals surface area contributed by atoms with E-state index < -0.39 is 0 Å². The lowest BCUT2D eigenvalue weighted by atomic mass is 10.2. The number of ether oxygens (including phenoxy) is 3. The van der Waals surface area contributed by atoms with Crippen molar-refractivity contribution in [2.45, 2.75) is 37.3 Å². The number of nitrogens with one attached hydrogen (secondary N) is 1. The van der Waals surface area contributed by atoms with Gasteiger partial charge < -0.3 is 19.5 Å². The fourth-order valence-electron chi connectivity index (χ4n) is 2.26. The van der Waals surface area contributed by atoms with Gasteiger partial charge in [0.1, 0.15) is 11.4 Å². The zero-order valence-corrected chi connectivity index (χ0v) is 10.3. The molecule has 0 atom stereocenters. The summed E-state index contributed by atoms with van der Waals surface area (Å²) in [5, 5.41) is 3.55. The lowest BCUT2D eigenvalue weighted by molar-refractivity contribution is 0.170. The smallest absolute Gasteiger partial charge is 0.231 e. The molecule has 2 fully saturated rings. The average Bonchev–Trinajstić information content (AvgIpc) is 3.27. The predicted molar refractivity (Wildman–Crippen MR) is 66.2 cm³/mol. The van der Waals surface area contributed by atoms with E-state index in [0.717, 1.165) is 42.7 Å². The van der Waals surface area contributed by atoms with Crippen LogP contribution in [0.5, 0.6) is 17.2 Å². The number of fused-ring (bicyclic) bond motifs is 1. The van der Waals surface area contributed by atoms with Gasteiger partial charge in [-0.2, -0.15) is 0 Å². The maximum Gasteiger partial charge on any atom is 0.231 e. The van der Waals surface area contributed by atoms with E-state index in [1.165, 1.54) is 12.8 Å². The standard InChI is InChI=1S/C14H17NO3/c1-2-10(1)15-8-14(5-6-14)18-11-3-4-12-13(7-11)17-9-16-12/h3-4,7,10,15H,1-2,5-6,8-9H2. The van der Waals surface area contributed by atoms with Crippen molar-refractivity contribution in [3.63, 3.8) is 0 Å². The van der Waals surface area contributed by atoms with Gasteiger partial charge in [0.15, 0.2) is 11.5 Å². The van der Waals surface area contributed by atoms with Crippen LogP contribution in [0.3, 0.4) is 0 Å². The third-order valence-electron chi connectivity index (χ3n) is 3.78. The van der Waals surface area contributed by atoms with Gasteiger partial charge in [0, 0.05) is 18.7 Å². The Morgan fingerprint density at radius 3 is 2.83 bits per heavy atom. The van der Waals surface area contributed by atoms with Crippen LogP contribution in [-0.2, 0) is 0 Å². The van der Waals surface area contributed by atoms with E-state index in [0.29, 0.717) is 6.79 Å².